The monoisotopic (exact) mass is 278 g/mol. The third kappa shape index (κ3) is 4.05. The van der Waals surface area contributed by atoms with E-state index in [0.29, 0.717) is 18.7 Å². The van der Waals surface area contributed by atoms with Crippen LogP contribution < -0.4 is 5.32 Å². The van der Waals surface area contributed by atoms with E-state index in [1.54, 1.807) is 0 Å². The van der Waals surface area contributed by atoms with Crippen molar-refractivity contribution in [3.63, 3.8) is 0 Å². The lowest BCUT2D eigenvalue weighted by Crippen LogP contribution is -2.28. The molecule has 1 aromatic carbocycles. The van der Waals surface area contributed by atoms with E-state index in [1.165, 1.54) is 0 Å². The van der Waals surface area contributed by atoms with Crippen LogP contribution in [0, 0.1) is 17.2 Å². The van der Waals surface area contributed by atoms with Crippen LogP contribution in [0.4, 0.5) is 0 Å². The molecule has 1 N–H and O–H groups in total. The zero-order valence-electron chi connectivity index (χ0n) is 10.7. The Balaban J connectivity index is 1.94. The predicted molar refractivity (Wildman–Crippen MR) is 74.2 cm³/mol. The van der Waals surface area contributed by atoms with Gasteiger partial charge in [0.2, 0.25) is 0 Å². The molecule has 19 heavy (non-hydrogen) atoms. The zero-order valence-corrected chi connectivity index (χ0v) is 11.6. The van der Waals surface area contributed by atoms with Gasteiger partial charge in [0.25, 0.3) is 0 Å². The first kappa shape index (κ1) is 14.0. The highest BCUT2D eigenvalue weighted by Crippen LogP contribution is 2.20. The van der Waals surface area contributed by atoms with E-state index in [9.17, 15) is 8.42 Å². The van der Waals surface area contributed by atoms with Gasteiger partial charge in [-0.05, 0) is 24.4 Å². The molecule has 0 aliphatic carbocycles. The molecule has 0 spiro atoms. The topological polar surface area (TPSA) is 70.0 Å². The van der Waals surface area contributed by atoms with Gasteiger partial charge in [-0.2, -0.15) is 5.26 Å². The molecular weight excluding hydrogens is 260 g/mol. The number of hydrogen-bond acceptors (Lipinski definition) is 4. The average molecular weight is 278 g/mol. The average Bonchev–Trinajstić information content (AvgIpc) is 2.75. The van der Waals surface area contributed by atoms with Crippen molar-refractivity contribution in [2.24, 2.45) is 5.92 Å². The summed E-state index contributed by atoms with van der Waals surface area (Å²) in [6, 6.07) is 12.0. The van der Waals surface area contributed by atoms with E-state index < -0.39 is 9.84 Å². The lowest BCUT2D eigenvalue weighted by molar-refractivity contribution is 0.461. The Labute approximate surface area is 114 Å². The molecule has 5 heteroatoms. The molecule has 1 aliphatic rings. The number of sulfone groups is 1. The lowest BCUT2D eigenvalue weighted by atomic mass is 10.0. The largest absolute Gasteiger partial charge is 0.309 e. The summed E-state index contributed by atoms with van der Waals surface area (Å²) in [5.41, 5.74) is 1.07. The summed E-state index contributed by atoms with van der Waals surface area (Å²) < 4.78 is 22.8. The summed E-state index contributed by atoms with van der Waals surface area (Å²) in [6.45, 7) is 0.653. The van der Waals surface area contributed by atoms with Gasteiger partial charge in [0.05, 0.1) is 24.0 Å². The second-order valence-electron chi connectivity index (χ2n) is 5.00. The highest BCUT2D eigenvalue weighted by atomic mass is 32.2. The first-order valence-electron chi connectivity index (χ1n) is 6.46. The van der Waals surface area contributed by atoms with Crippen molar-refractivity contribution < 1.29 is 8.42 Å². The minimum atomic E-state index is -2.83. The number of nitrogens with zero attached hydrogens (tertiary/aromatic N) is 1. The maximum absolute atomic E-state index is 11.4. The van der Waals surface area contributed by atoms with Crippen LogP contribution in [0.3, 0.4) is 0 Å². The van der Waals surface area contributed by atoms with E-state index in [0.717, 1.165) is 12.0 Å². The fourth-order valence-corrected chi connectivity index (χ4v) is 4.29. The van der Waals surface area contributed by atoms with Crippen LogP contribution in [0.5, 0.6) is 0 Å². The first-order valence-corrected chi connectivity index (χ1v) is 8.28. The molecular formula is C14H18N2O2S. The van der Waals surface area contributed by atoms with Crippen LogP contribution in [0.2, 0.25) is 0 Å². The number of rotatable bonds is 5. The second-order valence-corrected chi connectivity index (χ2v) is 7.23. The van der Waals surface area contributed by atoms with Crippen molar-refractivity contribution in [3.05, 3.63) is 35.9 Å². The van der Waals surface area contributed by atoms with Gasteiger partial charge in [-0.3, -0.25) is 0 Å². The van der Waals surface area contributed by atoms with E-state index in [-0.39, 0.29) is 17.7 Å². The second kappa shape index (κ2) is 6.18. The van der Waals surface area contributed by atoms with Crippen molar-refractivity contribution in [1.29, 1.82) is 5.26 Å². The van der Waals surface area contributed by atoms with Gasteiger partial charge >= 0.3 is 0 Å². The van der Waals surface area contributed by atoms with Crippen LogP contribution >= 0.6 is 0 Å². The van der Waals surface area contributed by atoms with E-state index in [2.05, 4.69) is 11.4 Å². The molecule has 1 aliphatic heterocycles. The number of nitriles is 1. The van der Waals surface area contributed by atoms with Crippen molar-refractivity contribution in [3.8, 4) is 6.07 Å². The summed E-state index contributed by atoms with van der Waals surface area (Å²) in [5, 5.41) is 12.2. The summed E-state index contributed by atoms with van der Waals surface area (Å²) in [6.07, 6.45) is 1.12. The summed E-state index contributed by atoms with van der Waals surface area (Å²) in [5.74, 6) is 0.747. The zero-order chi connectivity index (χ0) is 13.7. The Morgan fingerprint density at radius 1 is 1.37 bits per heavy atom. The Kier molecular flexibility index (Phi) is 4.56. The fraction of sp³-hybridized carbons (Fsp3) is 0.500. The molecule has 0 bridgehead atoms. The van der Waals surface area contributed by atoms with Crippen molar-refractivity contribution in [1.82, 2.24) is 5.32 Å². The molecule has 2 atom stereocenters. The molecule has 1 heterocycles. The summed E-state index contributed by atoms with van der Waals surface area (Å²) in [4.78, 5) is 0. The van der Waals surface area contributed by atoms with Gasteiger partial charge in [0.15, 0.2) is 9.84 Å². The molecule has 4 nitrogen and oxygen atoms in total. The fourth-order valence-electron chi connectivity index (χ4n) is 2.43. The maximum Gasteiger partial charge on any atom is 0.150 e. The molecule has 0 aromatic heterocycles. The third-order valence-corrected chi connectivity index (χ3v) is 5.31. The van der Waals surface area contributed by atoms with E-state index in [1.807, 2.05) is 30.3 Å². The Morgan fingerprint density at radius 3 is 2.68 bits per heavy atom. The first-order chi connectivity index (χ1) is 9.11. The van der Waals surface area contributed by atoms with E-state index in [4.69, 9.17) is 5.26 Å². The van der Waals surface area contributed by atoms with Gasteiger partial charge in [0, 0.05) is 6.04 Å². The minimum absolute atomic E-state index is 0.0190. The number of hydrogen-bond donors (Lipinski definition) is 1. The number of nitrogens with one attached hydrogen (secondary N) is 1. The lowest BCUT2D eigenvalue weighted by Gasteiger charge is -2.18. The van der Waals surface area contributed by atoms with Crippen LogP contribution in [0.25, 0.3) is 0 Å². The van der Waals surface area contributed by atoms with Crippen LogP contribution in [0.15, 0.2) is 30.3 Å². The molecule has 0 amide bonds. The molecule has 0 saturated carbocycles. The SMILES string of the molecule is N#CCC(NCC1CCS(=O)(=O)C1)c1ccccc1. The van der Waals surface area contributed by atoms with E-state index >= 15 is 0 Å². The summed E-state index contributed by atoms with van der Waals surface area (Å²) >= 11 is 0. The van der Waals surface area contributed by atoms with Crippen molar-refractivity contribution >= 4 is 9.84 Å². The smallest absolute Gasteiger partial charge is 0.150 e. The molecule has 1 fully saturated rings. The highest BCUT2D eigenvalue weighted by molar-refractivity contribution is 7.91. The molecule has 2 rings (SSSR count). The van der Waals surface area contributed by atoms with Gasteiger partial charge in [-0.1, -0.05) is 30.3 Å². The predicted octanol–water partition coefficient (Wildman–Crippen LogP) is 1.67. The Bertz CT molecular complexity index is 549. The minimum Gasteiger partial charge on any atom is -0.309 e. The van der Waals surface area contributed by atoms with Crippen LogP contribution in [-0.4, -0.2) is 26.5 Å². The van der Waals surface area contributed by atoms with Crippen molar-refractivity contribution in [2.45, 2.75) is 18.9 Å². The highest BCUT2D eigenvalue weighted by Gasteiger charge is 2.28. The normalized spacial score (nSPS) is 22.8. The maximum atomic E-state index is 11.4. The summed E-state index contributed by atoms with van der Waals surface area (Å²) in [7, 11) is -2.83. The molecule has 1 saturated heterocycles. The molecule has 1 aromatic rings. The van der Waals surface area contributed by atoms with Gasteiger partial charge in [-0.25, -0.2) is 8.42 Å². The number of benzene rings is 1. The van der Waals surface area contributed by atoms with Crippen LogP contribution in [-0.2, 0) is 9.84 Å². The van der Waals surface area contributed by atoms with Gasteiger partial charge in [-0.15, -0.1) is 0 Å². The standard InChI is InChI=1S/C14H18N2O2S/c15-8-6-14(13-4-2-1-3-5-13)16-10-12-7-9-19(17,18)11-12/h1-5,12,14,16H,6-7,9-11H2. The molecule has 2 unspecified atom stereocenters. The third-order valence-electron chi connectivity index (χ3n) is 3.48. The molecule has 0 radical (unpaired) electrons. The van der Waals surface area contributed by atoms with Gasteiger partial charge < -0.3 is 5.32 Å². The molecule has 102 valence electrons. The Hall–Kier alpha value is -1.38. The van der Waals surface area contributed by atoms with Gasteiger partial charge in [0.1, 0.15) is 0 Å². The quantitative estimate of drug-likeness (QED) is 0.889. The van der Waals surface area contributed by atoms with Crippen molar-refractivity contribution in [2.75, 3.05) is 18.1 Å². The Morgan fingerprint density at radius 2 is 2.11 bits per heavy atom. The van der Waals surface area contributed by atoms with Crippen LogP contribution in [0.1, 0.15) is 24.4 Å².